The van der Waals surface area contributed by atoms with E-state index in [9.17, 15) is 37.9 Å². The zero-order chi connectivity index (χ0) is 44.1. The first-order chi connectivity index (χ1) is 29.0. The molecule has 1 saturated heterocycles. The summed E-state index contributed by atoms with van der Waals surface area (Å²) in [4.78, 5) is 25.4. The van der Waals surface area contributed by atoms with Crippen LogP contribution in [0.15, 0.2) is 72.9 Å². The van der Waals surface area contributed by atoms with Gasteiger partial charge in [-0.1, -0.05) is 157 Å². The molecule has 1 rings (SSSR count). The van der Waals surface area contributed by atoms with Crippen molar-refractivity contribution in [3.63, 3.8) is 0 Å². The minimum Gasteiger partial charge on any atom is -0.462 e. The van der Waals surface area contributed by atoms with Crippen LogP contribution in [0.25, 0.3) is 0 Å². The highest BCUT2D eigenvalue weighted by molar-refractivity contribution is 7.85. The van der Waals surface area contributed by atoms with Crippen molar-refractivity contribution in [1.29, 1.82) is 0 Å². The zero-order valence-corrected chi connectivity index (χ0v) is 37.3. The molecular weight excluding hydrogens is 789 g/mol. The first kappa shape index (κ1) is 55.1. The van der Waals surface area contributed by atoms with Crippen LogP contribution >= 0.6 is 0 Å². The SMILES string of the molecule is CC/C=C/C=C/C=C/C=C/CCCCCCCC(=O)O[C@H](COC(=O)CCC/C=C/C/C=C/CCCCCCCCCCC)CO[C@H]1O[C@H](CS(=O)(=O)O)[C@@H](O)C(O)C1O. The van der Waals surface area contributed by atoms with E-state index in [0.29, 0.717) is 19.3 Å². The Balaban J connectivity index is 2.50. The molecule has 0 aliphatic carbocycles. The average Bonchev–Trinajstić information content (AvgIpc) is 3.21. The van der Waals surface area contributed by atoms with Crippen molar-refractivity contribution in [2.24, 2.45) is 0 Å². The molecule has 4 N–H and O–H groups in total. The second-order valence-corrected chi connectivity index (χ2v) is 16.9. The number of ether oxygens (including phenoxy) is 4. The van der Waals surface area contributed by atoms with E-state index in [-0.39, 0.29) is 19.4 Å². The maximum absolute atomic E-state index is 12.8. The van der Waals surface area contributed by atoms with Crippen LogP contribution in [0.2, 0.25) is 0 Å². The van der Waals surface area contributed by atoms with Crippen molar-refractivity contribution >= 4 is 22.1 Å². The molecule has 0 bridgehead atoms. The van der Waals surface area contributed by atoms with Gasteiger partial charge < -0.3 is 34.3 Å². The molecule has 0 saturated carbocycles. The molecule has 1 aliphatic rings. The van der Waals surface area contributed by atoms with Gasteiger partial charge in [0.15, 0.2) is 12.4 Å². The van der Waals surface area contributed by atoms with Gasteiger partial charge in [-0.05, 0) is 57.8 Å². The summed E-state index contributed by atoms with van der Waals surface area (Å²) in [6.07, 6.45) is 36.7. The predicted molar refractivity (Wildman–Crippen MR) is 238 cm³/mol. The molecule has 6 atom stereocenters. The van der Waals surface area contributed by atoms with Crippen LogP contribution in [0.4, 0.5) is 0 Å². The number of aliphatic hydroxyl groups excluding tert-OH is 3. The second kappa shape index (κ2) is 36.7. The van der Waals surface area contributed by atoms with Gasteiger partial charge in [-0.3, -0.25) is 14.1 Å². The largest absolute Gasteiger partial charge is 0.462 e. The van der Waals surface area contributed by atoms with Crippen LogP contribution in [0.3, 0.4) is 0 Å². The standard InChI is InChI=1S/C47H78O12S/c1-3-5-7-9-11-13-15-17-19-20-22-23-25-27-29-31-33-35-42(48)56-37-40(38-57-47-46(52)45(51)44(50)41(59-47)39-60(53,54)55)58-43(49)36-34-32-30-28-26-24-21-18-16-14-12-10-8-6-4-2/h6,8,10,12,14,16,18,21-23,27,29,40-41,44-47,50-52H,3-5,7,9,11,13,15,17,19-20,24-26,28,30-39H2,1-2H3,(H,53,54,55)/b8-6+,12-10+,16-14+,21-18+,23-22+,29-27+/t40-,41-,44-,45?,46?,47+/m1/s1. The van der Waals surface area contributed by atoms with Crippen LogP contribution < -0.4 is 0 Å². The fourth-order valence-corrected chi connectivity index (χ4v) is 7.06. The fraction of sp³-hybridized carbons (Fsp3) is 0.702. The highest BCUT2D eigenvalue weighted by Crippen LogP contribution is 2.24. The summed E-state index contributed by atoms with van der Waals surface area (Å²) < 4.78 is 54.0. The summed E-state index contributed by atoms with van der Waals surface area (Å²) in [7, 11) is -4.61. The first-order valence-electron chi connectivity index (χ1n) is 22.5. The molecule has 0 radical (unpaired) electrons. The number of carbonyl (C=O) groups is 2. The van der Waals surface area contributed by atoms with E-state index in [1.807, 2.05) is 42.5 Å². The average molecular weight is 867 g/mol. The zero-order valence-electron chi connectivity index (χ0n) is 36.5. The topological polar surface area (TPSA) is 186 Å². The molecule has 13 heteroatoms. The number of hydrogen-bond donors (Lipinski definition) is 4. The Kier molecular flexibility index (Phi) is 33.7. The van der Waals surface area contributed by atoms with Crippen molar-refractivity contribution in [3.8, 4) is 0 Å². The number of esters is 2. The Morgan fingerprint density at radius 3 is 1.75 bits per heavy atom. The van der Waals surface area contributed by atoms with Crippen molar-refractivity contribution < 1.29 is 56.8 Å². The number of hydrogen-bond acceptors (Lipinski definition) is 11. The third kappa shape index (κ3) is 31.0. The summed E-state index contributed by atoms with van der Waals surface area (Å²) >= 11 is 0. The number of carbonyl (C=O) groups excluding carboxylic acids is 2. The summed E-state index contributed by atoms with van der Waals surface area (Å²) in [5.41, 5.74) is 0. The van der Waals surface area contributed by atoms with E-state index in [4.69, 9.17) is 18.9 Å². The number of aliphatic hydroxyl groups is 3. The lowest BCUT2D eigenvalue weighted by atomic mass is 10.00. The Morgan fingerprint density at radius 1 is 0.600 bits per heavy atom. The molecular formula is C47H78O12S. The van der Waals surface area contributed by atoms with Crippen molar-refractivity contribution in [2.45, 2.75) is 192 Å². The van der Waals surface area contributed by atoms with Gasteiger partial charge in [0, 0.05) is 12.8 Å². The monoisotopic (exact) mass is 867 g/mol. The lowest BCUT2D eigenvalue weighted by Gasteiger charge is -2.40. The quantitative estimate of drug-likeness (QED) is 0.0154. The molecule has 12 nitrogen and oxygen atoms in total. The molecule has 1 fully saturated rings. The summed E-state index contributed by atoms with van der Waals surface area (Å²) in [5.74, 6) is -2.08. The molecule has 0 aromatic heterocycles. The highest BCUT2D eigenvalue weighted by Gasteiger charge is 2.46. The van der Waals surface area contributed by atoms with E-state index >= 15 is 0 Å². The Bertz CT molecular complexity index is 1390. The van der Waals surface area contributed by atoms with Gasteiger partial charge in [0.2, 0.25) is 0 Å². The van der Waals surface area contributed by atoms with Crippen molar-refractivity contribution in [1.82, 2.24) is 0 Å². The summed E-state index contributed by atoms with van der Waals surface area (Å²) in [6, 6.07) is 0. The van der Waals surface area contributed by atoms with Crippen molar-refractivity contribution in [2.75, 3.05) is 19.0 Å². The van der Waals surface area contributed by atoms with Crippen LogP contribution in [-0.4, -0.2) is 96.0 Å². The predicted octanol–water partition coefficient (Wildman–Crippen LogP) is 9.11. The molecule has 2 unspecified atom stereocenters. The second-order valence-electron chi connectivity index (χ2n) is 15.4. The van der Waals surface area contributed by atoms with Crippen molar-refractivity contribution in [3.05, 3.63) is 72.9 Å². The van der Waals surface area contributed by atoms with Crippen LogP contribution in [0, 0.1) is 0 Å². The molecule has 0 amide bonds. The van der Waals surface area contributed by atoms with E-state index in [1.165, 1.54) is 57.8 Å². The minimum absolute atomic E-state index is 0.126. The molecule has 0 aromatic carbocycles. The molecule has 0 spiro atoms. The lowest BCUT2D eigenvalue weighted by molar-refractivity contribution is -0.297. The minimum atomic E-state index is -4.61. The Hall–Kier alpha value is -2.91. The molecule has 60 heavy (non-hydrogen) atoms. The van der Waals surface area contributed by atoms with Gasteiger partial charge in [0.05, 0.1) is 6.61 Å². The van der Waals surface area contributed by atoms with Gasteiger partial charge in [0.1, 0.15) is 36.8 Å². The summed E-state index contributed by atoms with van der Waals surface area (Å²) in [5, 5.41) is 30.9. The third-order valence-electron chi connectivity index (χ3n) is 9.86. The first-order valence-corrected chi connectivity index (χ1v) is 24.2. The van der Waals surface area contributed by atoms with E-state index < -0.39 is 71.2 Å². The number of rotatable bonds is 36. The van der Waals surface area contributed by atoms with E-state index in [1.54, 1.807) is 0 Å². The van der Waals surface area contributed by atoms with Crippen LogP contribution in [-0.2, 0) is 38.7 Å². The maximum atomic E-state index is 12.8. The van der Waals surface area contributed by atoms with Gasteiger partial charge in [-0.2, -0.15) is 8.42 Å². The number of allylic oxidation sites excluding steroid dienone is 12. The molecule has 344 valence electrons. The van der Waals surface area contributed by atoms with Gasteiger partial charge in [-0.25, -0.2) is 0 Å². The molecule has 0 aromatic rings. The summed E-state index contributed by atoms with van der Waals surface area (Å²) in [6.45, 7) is 3.55. The van der Waals surface area contributed by atoms with E-state index in [0.717, 1.165) is 51.4 Å². The maximum Gasteiger partial charge on any atom is 0.306 e. The lowest BCUT2D eigenvalue weighted by Crippen LogP contribution is -2.60. The van der Waals surface area contributed by atoms with Crippen LogP contribution in [0.5, 0.6) is 0 Å². The molecule has 1 heterocycles. The highest BCUT2D eigenvalue weighted by atomic mass is 32.2. The smallest absolute Gasteiger partial charge is 0.306 e. The Labute approximate surface area is 361 Å². The number of unbranched alkanes of at least 4 members (excludes halogenated alkanes) is 15. The van der Waals surface area contributed by atoms with E-state index in [2.05, 4.69) is 44.2 Å². The third-order valence-corrected chi connectivity index (χ3v) is 10.6. The van der Waals surface area contributed by atoms with Gasteiger partial charge >= 0.3 is 11.9 Å². The Morgan fingerprint density at radius 2 is 1.13 bits per heavy atom. The fourth-order valence-electron chi connectivity index (χ4n) is 6.37. The van der Waals surface area contributed by atoms with Gasteiger partial charge in [0.25, 0.3) is 10.1 Å². The molecule has 1 aliphatic heterocycles. The van der Waals surface area contributed by atoms with Gasteiger partial charge in [-0.15, -0.1) is 0 Å². The normalized spacial score (nSPS) is 20.8. The van der Waals surface area contributed by atoms with Crippen LogP contribution in [0.1, 0.15) is 155 Å².